The highest BCUT2D eigenvalue weighted by molar-refractivity contribution is 7.99. The summed E-state index contributed by atoms with van der Waals surface area (Å²) in [6.07, 6.45) is 1.71. The van der Waals surface area contributed by atoms with E-state index in [1.165, 1.54) is 11.8 Å². The summed E-state index contributed by atoms with van der Waals surface area (Å²) < 4.78 is 13.0. The third kappa shape index (κ3) is 7.13. The van der Waals surface area contributed by atoms with E-state index in [0.29, 0.717) is 29.7 Å². The molecule has 2 amide bonds. The van der Waals surface area contributed by atoms with Crippen LogP contribution in [0.3, 0.4) is 0 Å². The van der Waals surface area contributed by atoms with Gasteiger partial charge in [0.15, 0.2) is 11.0 Å². The van der Waals surface area contributed by atoms with Crippen molar-refractivity contribution < 1.29 is 23.9 Å². The minimum absolute atomic E-state index is 0.0177. The Kier molecular flexibility index (Phi) is 10.3. The second-order valence-electron chi connectivity index (χ2n) is 8.69. The van der Waals surface area contributed by atoms with Crippen molar-refractivity contribution in [2.45, 2.75) is 65.3 Å². The Balaban J connectivity index is 1.71. The van der Waals surface area contributed by atoms with Gasteiger partial charge in [0.05, 0.1) is 28.9 Å². The number of ether oxygens (including phenoxy) is 2. The maximum absolute atomic E-state index is 12.8. The standard InChI is InChI=1S/C26H33N5O5S2/c1-6-8-13-35-18-11-9-17(10-12-18)23-29-30-26(31(23)7-2)37-14-19(32)28-24-20(25(34)36-15(3)4)16(5)21(38-24)22(27)33/h9-12,15H,6-8,13-14H2,1-5H3,(H2,27,33)(H,28,32). The third-order valence-corrected chi connectivity index (χ3v) is 7.60. The number of nitrogens with two attached hydrogens (primary N) is 1. The fourth-order valence-corrected chi connectivity index (χ4v) is 5.44. The molecule has 3 N–H and O–H groups in total. The van der Waals surface area contributed by atoms with Crippen LogP contribution < -0.4 is 15.8 Å². The van der Waals surface area contributed by atoms with E-state index >= 15 is 0 Å². The molecule has 2 heterocycles. The number of carbonyl (C=O) groups is 3. The number of esters is 1. The lowest BCUT2D eigenvalue weighted by molar-refractivity contribution is -0.113. The molecule has 1 aromatic carbocycles. The number of primary amides is 1. The van der Waals surface area contributed by atoms with Crippen molar-refractivity contribution in [3.8, 4) is 17.1 Å². The van der Waals surface area contributed by atoms with Gasteiger partial charge in [0, 0.05) is 12.1 Å². The van der Waals surface area contributed by atoms with Crippen LogP contribution in [0.25, 0.3) is 11.4 Å². The van der Waals surface area contributed by atoms with Crippen molar-refractivity contribution in [3.05, 3.63) is 40.3 Å². The van der Waals surface area contributed by atoms with E-state index in [-0.39, 0.29) is 33.2 Å². The van der Waals surface area contributed by atoms with Gasteiger partial charge in [0.2, 0.25) is 5.91 Å². The first kappa shape index (κ1) is 29.2. The Labute approximate surface area is 230 Å². The zero-order valence-corrected chi connectivity index (χ0v) is 23.8. The molecule has 0 saturated heterocycles. The number of anilines is 1. The highest BCUT2D eigenvalue weighted by Crippen LogP contribution is 2.34. The van der Waals surface area contributed by atoms with Gasteiger partial charge in [-0.2, -0.15) is 0 Å². The fourth-order valence-electron chi connectivity index (χ4n) is 3.58. The molecule has 0 aliphatic heterocycles. The average Bonchev–Trinajstić information content (AvgIpc) is 3.43. The molecule has 0 radical (unpaired) electrons. The summed E-state index contributed by atoms with van der Waals surface area (Å²) >= 11 is 2.18. The van der Waals surface area contributed by atoms with Crippen molar-refractivity contribution in [1.29, 1.82) is 0 Å². The second-order valence-corrected chi connectivity index (χ2v) is 10.7. The second kappa shape index (κ2) is 13.4. The van der Waals surface area contributed by atoms with Crippen LogP contribution in [0.4, 0.5) is 5.00 Å². The highest BCUT2D eigenvalue weighted by atomic mass is 32.2. The molecular weight excluding hydrogens is 526 g/mol. The van der Waals surface area contributed by atoms with E-state index in [4.69, 9.17) is 15.2 Å². The Morgan fingerprint density at radius 2 is 1.87 bits per heavy atom. The molecule has 0 saturated carbocycles. The number of nitrogens with zero attached hydrogens (tertiary/aromatic N) is 3. The van der Waals surface area contributed by atoms with Crippen LogP contribution >= 0.6 is 23.1 Å². The Morgan fingerprint density at radius 3 is 2.47 bits per heavy atom. The maximum atomic E-state index is 12.8. The quantitative estimate of drug-likeness (QED) is 0.171. The van der Waals surface area contributed by atoms with Crippen LogP contribution in [0.15, 0.2) is 29.4 Å². The number of aromatic nitrogens is 3. The van der Waals surface area contributed by atoms with E-state index in [1.54, 1.807) is 20.8 Å². The lowest BCUT2D eigenvalue weighted by atomic mass is 10.1. The lowest BCUT2D eigenvalue weighted by Gasteiger charge is -2.11. The van der Waals surface area contributed by atoms with Crippen LogP contribution in [0.5, 0.6) is 5.75 Å². The molecule has 0 aliphatic carbocycles. The van der Waals surface area contributed by atoms with Crippen molar-refractivity contribution in [2.24, 2.45) is 5.73 Å². The molecular formula is C26H33N5O5S2. The number of hydrogen-bond donors (Lipinski definition) is 2. The van der Waals surface area contributed by atoms with Gasteiger partial charge < -0.3 is 25.1 Å². The molecule has 3 rings (SSSR count). The van der Waals surface area contributed by atoms with Gasteiger partial charge in [-0.05, 0) is 63.9 Å². The molecule has 0 spiro atoms. The molecule has 38 heavy (non-hydrogen) atoms. The number of carbonyl (C=O) groups excluding carboxylic acids is 3. The van der Waals surface area contributed by atoms with Crippen LogP contribution in [-0.2, 0) is 16.1 Å². The Morgan fingerprint density at radius 1 is 1.16 bits per heavy atom. The summed E-state index contributed by atoms with van der Waals surface area (Å²) in [5.74, 6) is -0.160. The zero-order valence-electron chi connectivity index (χ0n) is 22.2. The van der Waals surface area contributed by atoms with Crippen LogP contribution in [0.1, 0.15) is 66.1 Å². The number of thioether (sulfide) groups is 1. The van der Waals surface area contributed by atoms with Crippen molar-refractivity contribution in [3.63, 3.8) is 0 Å². The molecule has 0 fully saturated rings. The minimum atomic E-state index is -0.676. The molecule has 2 aromatic heterocycles. The molecule has 0 atom stereocenters. The first-order valence-corrected chi connectivity index (χ1v) is 14.2. The summed E-state index contributed by atoms with van der Waals surface area (Å²) in [5, 5.41) is 12.2. The molecule has 0 aliphatic rings. The molecule has 12 heteroatoms. The number of nitrogens with one attached hydrogen (secondary N) is 1. The number of amides is 2. The van der Waals surface area contributed by atoms with E-state index in [0.717, 1.165) is 35.5 Å². The number of thiophene rings is 1. The average molecular weight is 560 g/mol. The zero-order chi connectivity index (χ0) is 27.8. The predicted molar refractivity (Wildman–Crippen MR) is 149 cm³/mol. The van der Waals surface area contributed by atoms with Gasteiger partial charge in [-0.15, -0.1) is 21.5 Å². The van der Waals surface area contributed by atoms with Gasteiger partial charge in [-0.1, -0.05) is 25.1 Å². The van der Waals surface area contributed by atoms with E-state index in [2.05, 4.69) is 22.4 Å². The predicted octanol–water partition coefficient (Wildman–Crippen LogP) is 4.91. The first-order valence-electron chi connectivity index (χ1n) is 12.4. The molecule has 204 valence electrons. The van der Waals surface area contributed by atoms with Crippen LogP contribution in [0, 0.1) is 6.92 Å². The summed E-state index contributed by atoms with van der Waals surface area (Å²) in [7, 11) is 0. The lowest BCUT2D eigenvalue weighted by Crippen LogP contribution is -2.18. The van der Waals surface area contributed by atoms with Crippen LogP contribution in [0.2, 0.25) is 0 Å². The normalized spacial score (nSPS) is 11.0. The maximum Gasteiger partial charge on any atom is 0.341 e. The summed E-state index contributed by atoms with van der Waals surface area (Å²) in [6, 6.07) is 7.69. The van der Waals surface area contributed by atoms with Crippen molar-refractivity contribution in [2.75, 3.05) is 17.7 Å². The van der Waals surface area contributed by atoms with Crippen molar-refractivity contribution in [1.82, 2.24) is 14.8 Å². The largest absolute Gasteiger partial charge is 0.494 e. The summed E-state index contributed by atoms with van der Waals surface area (Å²) in [4.78, 5) is 37.5. The minimum Gasteiger partial charge on any atom is -0.494 e. The summed E-state index contributed by atoms with van der Waals surface area (Å²) in [6.45, 7) is 10.4. The molecule has 3 aromatic rings. The van der Waals surface area contributed by atoms with Gasteiger partial charge in [0.1, 0.15) is 10.8 Å². The molecule has 10 nitrogen and oxygen atoms in total. The molecule has 0 bridgehead atoms. The van der Waals surface area contributed by atoms with Crippen LogP contribution in [-0.4, -0.2) is 51.0 Å². The van der Waals surface area contributed by atoms with Gasteiger partial charge in [-0.25, -0.2) is 4.79 Å². The highest BCUT2D eigenvalue weighted by Gasteiger charge is 2.26. The Hall–Kier alpha value is -3.38. The van der Waals surface area contributed by atoms with E-state index in [1.807, 2.05) is 35.8 Å². The third-order valence-electron chi connectivity index (χ3n) is 5.41. The fraction of sp³-hybridized carbons (Fsp3) is 0.423. The Bertz CT molecular complexity index is 1280. The number of rotatable bonds is 13. The number of benzene rings is 1. The molecule has 0 unspecified atom stereocenters. The van der Waals surface area contributed by atoms with Crippen molar-refractivity contribution >= 4 is 45.9 Å². The summed E-state index contributed by atoms with van der Waals surface area (Å²) in [5.41, 5.74) is 6.87. The van der Waals surface area contributed by atoms with Gasteiger partial charge in [0.25, 0.3) is 5.91 Å². The van der Waals surface area contributed by atoms with Gasteiger partial charge in [-0.3, -0.25) is 9.59 Å². The van der Waals surface area contributed by atoms with E-state index in [9.17, 15) is 14.4 Å². The number of hydrogen-bond acceptors (Lipinski definition) is 9. The smallest absolute Gasteiger partial charge is 0.341 e. The van der Waals surface area contributed by atoms with Gasteiger partial charge >= 0.3 is 5.97 Å². The first-order chi connectivity index (χ1) is 18.2. The van der Waals surface area contributed by atoms with E-state index < -0.39 is 11.9 Å². The SMILES string of the molecule is CCCCOc1ccc(-c2nnc(SCC(=O)Nc3sc(C(N)=O)c(C)c3C(=O)OC(C)C)n2CC)cc1. The monoisotopic (exact) mass is 559 g/mol. The topological polar surface area (TPSA) is 138 Å². The number of unbranched alkanes of at least 4 members (excludes halogenated alkanes) is 1.